The van der Waals surface area contributed by atoms with Crippen molar-refractivity contribution in [2.45, 2.75) is 0 Å². The fourth-order valence-electron chi connectivity index (χ4n) is 3.64. The highest BCUT2D eigenvalue weighted by Crippen LogP contribution is 2.33. The van der Waals surface area contributed by atoms with Crippen LogP contribution in [0.4, 0.5) is 4.39 Å². The second-order valence-electron chi connectivity index (χ2n) is 6.95. The van der Waals surface area contributed by atoms with Crippen LogP contribution in [0.1, 0.15) is 10.6 Å². The van der Waals surface area contributed by atoms with Crippen LogP contribution in [-0.4, -0.2) is 4.98 Å². The first kappa shape index (κ1) is 18.2. The first-order chi connectivity index (χ1) is 14.7. The molecule has 0 spiro atoms. The first-order valence-electron chi connectivity index (χ1n) is 9.47. The number of halogens is 1. The molecule has 30 heavy (non-hydrogen) atoms. The van der Waals surface area contributed by atoms with Gasteiger partial charge in [-0.1, -0.05) is 48.5 Å². The van der Waals surface area contributed by atoms with Gasteiger partial charge in [0.1, 0.15) is 16.9 Å². The van der Waals surface area contributed by atoms with Crippen molar-refractivity contribution in [3.63, 3.8) is 0 Å². The number of thiazole rings is 1. The molecule has 1 aromatic heterocycles. The molecule has 0 atom stereocenters. The summed E-state index contributed by atoms with van der Waals surface area (Å²) in [6.07, 6.45) is 1.93. The number of rotatable bonds is 3. The quantitative estimate of drug-likeness (QED) is 0.232. The van der Waals surface area contributed by atoms with Crippen molar-refractivity contribution >= 4 is 44.5 Å². The Morgan fingerprint density at radius 1 is 0.900 bits per heavy atom. The summed E-state index contributed by atoms with van der Waals surface area (Å²) < 4.78 is 13.2. The van der Waals surface area contributed by atoms with E-state index < -0.39 is 0 Å². The van der Waals surface area contributed by atoms with Crippen LogP contribution in [0.15, 0.2) is 84.2 Å². The Kier molecular flexibility index (Phi) is 4.59. The Hall–Kier alpha value is -3.81. The number of fused-ring (bicyclic) bond motifs is 2. The van der Waals surface area contributed by atoms with Gasteiger partial charge in [-0.15, -0.1) is 11.3 Å². The van der Waals surface area contributed by atoms with E-state index in [2.05, 4.69) is 41.4 Å². The van der Waals surface area contributed by atoms with Crippen LogP contribution in [0.2, 0.25) is 0 Å². The highest BCUT2D eigenvalue weighted by molar-refractivity contribution is 7.11. The summed E-state index contributed by atoms with van der Waals surface area (Å²) in [5.74, 6) is -0.283. The summed E-state index contributed by atoms with van der Waals surface area (Å²) in [6, 6.07) is 27.1. The van der Waals surface area contributed by atoms with E-state index >= 15 is 0 Å². The third-order valence-corrected chi connectivity index (χ3v) is 5.97. The molecule has 4 heteroatoms. The van der Waals surface area contributed by atoms with Gasteiger partial charge >= 0.3 is 0 Å². The molecule has 0 amide bonds. The summed E-state index contributed by atoms with van der Waals surface area (Å²) in [4.78, 5) is 4.64. The molecule has 5 rings (SSSR count). The number of hydrogen-bond acceptors (Lipinski definition) is 3. The molecule has 0 unspecified atom stereocenters. The van der Waals surface area contributed by atoms with Crippen LogP contribution in [-0.2, 0) is 0 Å². The van der Waals surface area contributed by atoms with Crippen LogP contribution in [0.25, 0.3) is 44.5 Å². The van der Waals surface area contributed by atoms with E-state index in [0.29, 0.717) is 10.6 Å². The molecule has 0 radical (unpaired) electrons. The summed E-state index contributed by atoms with van der Waals surface area (Å²) in [5.41, 5.74) is 3.08. The predicted molar refractivity (Wildman–Crippen MR) is 122 cm³/mol. The van der Waals surface area contributed by atoms with Crippen molar-refractivity contribution in [1.29, 1.82) is 5.26 Å². The molecular formula is C26H15FN2S. The maximum absolute atomic E-state index is 13.2. The molecule has 0 aliphatic rings. The molecule has 5 aromatic rings. The van der Waals surface area contributed by atoms with Gasteiger partial charge in [0.2, 0.25) is 0 Å². The second-order valence-corrected chi connectivity index (χ2v) is 7.81. The van der Waals surface area contributed by atoms with Crippen LogP contribution < -0.4 is 0 Å². The number of benzene rings is 4. The van der Waals surface area contributed by atoms with Gasteiger partial charge in [0.15, 0.2) is 0 Å². The van der Waals surface area contributed by atoms with Gasteiger partial charge in [-0.2, -0.15) is 5.26 Å². The lowest BCUT2D eigenvalue weighted by Crippen LogP contribution is -1.87. The fourth-order valence-corrected chi connectivity index (χ4v) is 4.44. The Balaban J connectivity index is 1.67. The zero-order chi connectivity index (χ0) is 20.5. The topological polar surface area (TPSA) is 36.7 Å². The van der Waals surface area contributed by atoms with E-state index in [-0.39, 0.29) is 5.82 Å². The van der Waals surface area contributed by atoms with Gasteiger partial charge in [-0.25, -0.2) is 9.37 Å². The van der Waals surface area contributed by atoms with E-state index in [4.69, 9.17) is 0 Å². The third-order valence-electron chi connectivity index (χ3n) is 5.10. The number of nitriles is 1. The zero-order valence-electron chi connectivity index (χ0n) is 15.8. The molecule has 0 N–H and O–H groups in total. The van der Waals surface area contributed by atoms with Gasteiger partial charge in [0, 0.05) is 10.9 Å². The number of nitrogens with zero attached hydrogens (tertiary/aromatic N) is 2. The van der Waals surface area contributed by atoms with Crippen LogP contribution in [0, 0.1) is 17.1 Å². The number of aromatic nitrogens is 1. The standard InChI is InChI=1S/C26H15FN2S/c27-21-11-9-17(10-12-21)25-16-30-26(29-25)20(15-28)14-24-22-7-3-1-5-18(22)13-19-6-2-4-8-23(19)24/h1-14,16H. The Labute approximate surface area is 177 Å². The molecule has 0 bridgehead atoms. The minimum atomic E-state index is -0.283. The maximum Gasteiger partial charge on any atom is 0.134 e. The molecule has 0 fully saturated rings. The predicted octanol–water partition coefficient (Wildman–Crippen LogP) is 7.32. The number of allylic oxidation sites excluding steroid dienone is 1. The van der Waals surface area contributed by atoms with E-state index in [9.17, 15) is 9.65 Å². The van der Waals surface area contributed by atoms with Crippen molar-refractivity contribution in [3.8, 4) is 17.3 Å². The zero-order valence-corrected chi connectivity index (χ0v) is 16.7. The summed E-state index contributed by atoms with van der Waals surface area (Å²) in [6.45, 7) is 0. The molecule has 0 aliphatic carbocycles. The van der Waals surface area contributed by atoms with Gasteiger partial charge < -0.3 is 0 Å². The Bertz CT molecular complexity index is 1400. The van der Waals surface area contributed by atoms with Crippen molar-refractivity contribution < 1.29 is 4.39 Å². The average molecular weight is 406 g/mol. The normalized spacial score (nSPS) is 11.7. The Morgan fingerprint density at radius 2 is 1.53 bits per heavy atom. The average Bonchev–Trinajstić information content (AvgIpc) is 3.27. The molecule has 0 aliphatic heterocycles. The van der Waals surface area contributed by atoms with Gasteiger partial charge in [0.05, 0.1) is 11.3 Å². The third kappa shape index (κ3) is 3.26. The smallest absolute Gasteiger partial charge is 0.134 e. The lowest BCUT2D eigenvalue weighted by atomic mass is 9.95. The minimum Gasteiger partial charge on any atom is -0.235 e. The molecular weight excluding hydrogens is 391 g/mol. The summed E-state index contributed by atoms with van der Waals surface area (Å²) in [5, 5.41) is 16.9. The summed E-state index contributed by atoms with van der Waals surface area (Å²) in [7, 11) is 0. The SMILES string of the molecule is N#CC(=Cc1c2ccccc2cc2ccccc12)c1nc(-c2ccc(F)cc2)cs1. The monoisotopic (exact) mass is 406 g/mol. The van der Waals surface area contributed by atoms with E-state index in [0.717, 1.165) is 38.4 Å². The highest BCUT2D eigenvalue weighted by Gasteiger charge is 2.12. The lowest BCUT2D eigenvalue weighted by molar-refractivity contribution is 0.628. The molecule has 0 saturated heterocycles. The van der Waals surface area contributed by atoms with Crippen LogP contribution >= 0.6 is 11.3 Å². The first-order valence-corrected chi connectivity index (χ1v) is 10.3. The van der Waals surface area contributed by atoms with E-state index in [1.807, 2.05) is 35.7 Å². The van der Waals surface area contributed by atoms with Crippen molar-refractivity contribution in [2.24, 2.45) is 0 Å². The molecule has 4 aromatic carbocycles. The molecule has 1 heterocycles. The van der Waals surface area contributed by atoms with E-state index in [1.165, 1.54) is 23.5 Å². The van der Waals surface area contributed by atoms with Gasteiger partial charge in [-0.3, -0.25) is 0 Å². The van der Waals surface area contributed by atoms with E-state index in [1.54, 1.807) is 12.1 Å². The van der Waals surface area contributed by atoms with Crippen molar-refractivity contribution in [1.82, 2.24) is 4.98 Å². The second kappa shape index (κ2) is 7.55. The van der Waals surface area contributed by atoms with Crippen molar-refractivity contribution in [2.75, 3.05) is 0 Å². The molecule has 142 valence electrons. The van der Waals surface area contributed by atoms with Gasteiger partial charge in [0.25, 0.3) is 0 Å². The fraction of sp³-hybridized carbons (Fsp3) is 0. The molecule has 0 saturated carbocycles. The number of hydrogen-bond donors (Lipinski definition) is 0. The van der Waals surface area contributed by atoms with Crippen LogP contribution in [0.5, 0.6) is 0 Å². The largest absolute Gasteiger partial charge is 0.235 e. The maximum atomic E-state index is 13.2. The van der Waals surface area contributed by atoms with Gasteiger partial charge in [-0.05, 0) is 63.5 Å². The van der Waals surface area contributed by atoms with Crippen LogP contribution in [0.3, 0.4) is 0 Å². The minimum absolute atomic E-state index is 0.283. The summed E-state index contributed by atoms with van der Waals surface area (Å²) >= 11 is 1.42. The highest BCUT2D eigenvalue weighted by atomic mass is 32.1. The lowest BCUT2D eigenvalue weighted by Gasteiger charge is -2.08. The molecule has 2 nitrogen and oxygen atoms in total. The van der Waals surface area contributed by atoms with Crippen molar-refractivity contribution in [3.05, 3.63) is 101 Å². The Morgan fingerprint density at radius 3 is 2.17 bits per heavy atom.